The summed E-state index contributed by atoms with van der Waals surface area (Å²) in [6.45, 7) is 11.6. The largest absolute Gasteiger partial charge is 0.380 e. The number of nitrogens with one attached hydrogen (secondary N) is 2. The number of aromatic nitrogens is 3. The number of carbonyl (C=O) groups is 1. The molecule has 0 bridgehead atoms. The fraction of sp³-hybridized carbons (Fsp3) is 0.529. The Labute approximate surface area is 152 Å². The zero-order valence-corrected chi connectivity index (χ0v) is 16.2. The zero-order valence-electron chi connectivity index (χ0n) is 15.3. The highest BCUT2D eigenvalue weighted by molar-refractivity contribution is 7.19. The second-order valence-electron chi connectivity index (χ2n) is 6.53. The summed E-state index contributed by atoms with van der Waals surface area (Å²) in [5, 5.41) is 6.02. The molecule has 0 radical (unpaired) electrons. The number of rotatable bonds is 6. The van der Waals surface area contributed by atoms with E-state index in [1.165, 1.54) is 11.3 Å². The molecule has 0 saturated heterocycles. The van der Waals surface area contributed by atoms with Crippen molar-refractivity contribution in [1.29, 1.82) is 0 Å². The molecule has 8 heteroatoms. The highest BCUT2D eigenvalue weighted by atomic mass is 32.1. The van der Waals surface area contributed by atoms with Crippen LogP contribution in [0.4, 0.5) is 9.93 Å². The van der Waals surface area contributed by atoms with E-state index in [4.69, 9.17) is 4.74 Å². The van der Waals surface area contributed by atoms with Gasteiger partial charge in [0.15, 0.2) is 5.13 Å². The van der Waals surface area contributed by atoms with Crippen molar-refractivity contribution in [2.45, 2.75) is 40.0 Å². The summed E-state index contributed by atoms with van der Waals surface area (Å²) < 4.78 is 5.18. The SMILES string of the molecule is CCOCCNC(=O)Nc1nc(C)c(-c2ccnc(C(C)(C)C)n2)s1. The molecule has 2 aromatic rings. The summed E-state index contributed by atoms with van der Waals surface area (Å²) in [4.78, 5) is 26.2. The average Bonchev–Trinajstić information content (AvgIpc) is 2.91. The summed E-state index contributed by atoms with van der Waals surface area (Å²) in [5.41, 5.74) is 1.52. The van der Waals surface area contributed by atoms with Gasteiger partial charge in [0.2, 0.25) is 0 Å². The van der Waals surface area contributed by atoms with E-state index in [2.05, 4.69) is 46.4 Å². The molecule has 136 valence electrons. The molecular formula is C17H25N5O2S. The maximum absolute atomic E-state index is 11.9. The van der Waals surface area contributed by atoms with E-state index in [1.54, 1.807) is 6.20 Å². The van der Waals surface area contributed by atoms with Crippen LogP contribution in [0.15, 0.2) is 12.3 Å². The Hall–Kier alpha value is -2.06. The van der Waals surface area contributed by atoms with Crippen LogP contribution >= 0.6 is 11.3 Å². The minimum absolute atomic E-state index is 0.129. The molecule has 7 nitrogen and oxygen atoms in total. The molecule has 0 atom stereocenters. The number of ether oxygens (including phenoxy) is 1. The lowest BCUT2D eigenvalue weighted by Crippen LogP contribution is -2.31. The van der Waals surface area contributed by atoms with Crippen molar-refractivity contribution in [3.8, 4) is 10.6 Å². The molecule has 0 aromatic carbocycles. The number of amides is 2. The molecular weight excluding hydrogens is 338 g/mol. The van der Waals surface area contributed by atoms with Crippen LogP contribution in [-0.2, 0) is 10.2 Å². The molecule has 2 heterocycles. The standard InChI is InChI=1S/C17H25N5O2S/c1-6-24-10-9-19-15(23)22-16-20-11(2)13(25-16)12-7-8-18-14(21-12)17(3,4)5/h7-8H,6,9-10H2,1-5H3,(H2,19,20,22,23). The first-order chi connectivity index (χ1) is 11.8. The monoisotopic (exact) mass is 363 g/mol. The predicted molar refractivity (Wildman–Crippen MR) is 100 cm³/mol. The van der Waals surface area contributed by atoms with Crippen LogP contribution in [0.2, 0.25) is 0 Å². The molecule has 25 heavy (non-hydrogen) atoms. The number of thiazole rings is 1. The Kier molecular flexibility index (Phi) is 6.44. The van der Waals surface area contributed by atoms with E-state index in [-0.39, 0.29) is 11.4 Å². The number of hydrogen-bond donors (Lipinski definition) is 2. The lowest BCUT2D eigenvalue weighted by molar-refractivity contribution is 0.150. The molecule has 0 unspecified atom stereocenters. The third-order valence-electron chi connectivity index (χ3n) is 3.31. The minimum Gasteiger partial charge on any atom is -0.380 e. The van der Waals surface area contributed by atoms with Gasteiger partial charge in [-0.15, -0.1) is 0 Å². The van der Waals surface area contributed by atoms with E-state index < -0.39 is 0 Å². The van der Waals surface area contributed by atoms with Crippen molar-refractivity contribution < 1.29 is 9.53 Å². The average molecular weight is 363 g/mol. The Bertz CT molecular complexity index is 724. The van der Waals surface area contributed by atoms with Gasteiger partial charge in [0.05, 0.1) is 22.9 Å². The van der Waals surface area contributed by atoms with Crippen molar-refractivity contribution in [3.63, 3.8) is 0 Å². The summed E-state index contributed by atoms with van der Waals surface area (Å²) in [7, 11) is 0. The summed E-state index contributed by atoms with van der Waals surface area (Å²) in [5.74, 6) is 0.779. The van der Waals surface area contributed by atoms with Crippen LogP contribution in [0.3, 0.4) is 0 Å². The fourth-order valence-corrected chi connectivity index (χ4v) is 2.99. The lowest BCUT2D eigenvalue weighted by Gasteiger charge is -2.16. The Balaban J connectivity index is 2.09. The number of urea groups is 1. The van der Waals surface area contributed by atoms with Gasteiger partial charge in [-0.05, 0) is 19.9 Å². The summed E-state index contributed by atoms with van der Waals surface area (Å²) in [6.07, 6.45) is 1.76. The second-order valence-corrected chi connectivity index (χ2v) is 7.53. The topological polar surface area (TPSA) is 89.0 Å². The van der Waals surface area contributed by atoms with E-state index in [1.807, 2.05) is 19.9 Å². The van der Waals surface area contributed by atoms with Gasteiger partial charge in [-0.2, -0.15) is 0 Å². The highest BCUT2D eigenvalue weighted by Gasteiger charge is 2.19. The molecule has 0 aliphatic carbocycles. The van der Waals surface area contributed by atoms with Crippen molar-refractivity contribution in [3.05, 3.63) is 23.8 Å². The smallest absolute Gasteiger partial charge is 0.321 e. The summed E-state index contributed by atoms with van der Waals surface area (Å²) in [6, 6.07) is 1.57. The number of nitrogens with zero attached hydrogens (tertiary/aromatic N) is 3. The summed E-state index contributed by atoms with van der Waals surface area (Å²) >= 11 is 1.40. The molecule has 2 amide bonds. The molecule has 2 N–H and O–H groups in total. The third-order valence-corrected chi connectivity index (χ3v) is 4.41. The lowest BCUT2D eigenvalue weighted by atomic mass is 9.95. The van der Waals surface area contributed by atoms with E-state index in [9.17, 15) is 4.79 Å². The van der Waals surface area contributed by atoms with Crippen LogP contribution in [-0.4, -0.2) is 40.7 Å². The van der Waals surface area contributed by atoms with Gasteiger partial charge < -0.3 is 10.1 Å². The molecule has 2 rings (SSSR count). The van der Waals surface area contributed by atoms with Gasteiger partial charge in [0.25, 0.3) is 0 Å². The van der Waals surface area contributed by atoms with Crippen LogP contribution in [0.5, 0.6) is 0 Å². The first-order valence-electron chi connectivity index (χ1n) is 8.25. The Morgan fingerprint density at radius 3 is 2.76 bits per heavy atom. The number of aryl methyl sites for hydroxylation is 1. The van der Waals surface area contributed by atoms with Gasteiger partial charge >= 0.3 is 6.03 Å². The third kappa shape index (κ3) is 5.47. The van der Waals surface area contributed by atoms with Crippen molar-refractivity contribution in [1.82, 2.24) is 20.3 Å². The Morgan fingerprint density at radius 1 is 1.32 bits per heavy atom. The molecule has 0 aliphatic heterocycles. The Morgan fingerprint density at radius 2 is 2.08 bits per heavy atom. The van der Waals surface area contributed by atoms with Crippen LogP contribution in [0, 0.1) is 6.92 Å². The quantitative estimate of drug-likeness (QED) is 0.768. The normalized spacial score (nSPS) is 11.4. The van der Waals surface area contributed by atoms with Gasteiger partial charge in [0, 0.05) is 24.8 Å². The number of anilines is 1. The van der Waals surface area contributed by atoms with Crippen LogP contribution in [0.1, 0.15) is 39.2 Å². The van der Waals surface area contributed by atoms with Crippen molar-refractivity contribution in [2.75, 3.05) is 25.1 Å². The van der Waals surface area contributed by atoms with Crippen LogP contribution < -0.4 is 10.6 Å². The van der Waals surface area contributed by atoms with E-state index in [0.717, 1.165) is 22.1 Å². The van der Waals surface area contributed by atoms with Gasteiger partial charge in [-0.1, -0.05) is 32.1 Å². The first kappa shape index (κ1) is 19.3. The first-order valence-corrected chi connectivity index (χ1v) is 9.07. The van der Waals surface area contributed by atoms with Gasteiger partial charge in [0.1, 0.15) is 5.82 Å². The predicted octanol–water partition coefficient (Wildman–Crippen LogP) is 3.36. The maximum Gasteiger partial charge on any atom is 0.321 e. The van der Waals surface area contributed by atoms with Crippen molar-refractivity contribution in [2.24, 2.45) is 0 Å². The van der Waals surface area contributed by atoms with Gasteiger partial charge in [-0.25, -0.2) is 19.7 Å². The molecule has 0 spiro atoms. The molecule has 0 fully saturated rings. The molecule has 0 saturated carbocycles. The van der Waals surface area contributed by atoms with E-state index >= 15 is 0 Å². The maximum atomic E-state index is 11.9. The van der Waals surface area contributed by atoms with Crippen molar-refractivity contribution >= 4 is 22.5 Å². The second kappa shape index (κ2) is 8.35. The zero-order chi connectivity index (χ0) is 18.4. The molecule has 2 aromatic heterocycles. The van der Waals surface area contributed by atoms with E-state index in [0.29, 0.717) is 24.9 Å². The number of hydrogen-bond acceptors (Lipinski definition) is 6. The van der Waals surface area contributed by atoms with Gasteiger partial charge in [-0.3, -0.25) is 5.32 Å². The number of carbonyl (C=O) groups excluding carboxylic acids is 1. The highest BCUT2D eigenvalue weighted by Crippen LogP contribution is 2.32. The minimum atomic E-state index is -0.293. The van der Waals surface area contributed by atoms with Crippen LogP contribution in [0.25, 0.3) is 10.6 Å². The molecule has 0 aliphatic rings. The fourth-order valence-electron chi connectivity index (χ4n) is 2.06.